The number of aliphatic hydroxyl groups is 1. The van der Waals surface area contributed by atoms with Gasteiger partial charge in [0.15, 0.2) is 11.5 Å². The second-order valence-corrected chi connectivity index (χ2v) is 6.96. The van der Waals surface area contributed by atoms with E-state index in [2.05, 4.69) is 0 Å². The minimum absolute atomic E-state index is 0.0179. The van der Waals surface area contributed by atoms with Crippen LogP contribution in [0.5, 0.6) is 0 Å². The molecule has 1 heterocycles. The molecule has 0 fully saturated rings. The van der Waals surface area contributed by atoms with E-state index in [-0.39, 0.29) is 30.1 Å². The molecule has 0 saturated heterocycles. The lowest BCUT2D eigenvalue weighted by atomic mass is 9.73. The fourth-order valence-electron chi connectivity index (χ4n) is 3.26. The zero-order valence-electron chi connectivity index (χ0n) is 14.7. The van der Waals surface area contributed by atoms with E-state index in [1.807, 2.05) is 44.2 Å². The highest BCUT2D eigenvalue weighted by molar-refractivity contribution is 6.08. The highest BCUT2D eigenvalue weighted by Crippen LogP contribution is 2.51. The van der Waals surface area contributed by atoms with E-state index >= 15 is 0 Å². The van der Waals surface area contributed by atoms with Gasteiger partial charge in [-0.3, -0.25) is 4.79 Å². The first kappa shape index (κ1) is 17.4. The second kappa shape index (κ2) is 6.15. The lowest BCUT2D eigenvalue weighted by molar-refractivity contribution is -0.159. The van der Waals surface area contributed by atoms with Crippen LogP contribution in [0.2, 0.25) is 0 Å². The van der Waals surface area contributed by atoms with Crippen molar-refractivity contribution in [3.63, 3.8) is 0 Å². The number of hydrogen-bond donors (Lipinski definition) is 1. The van der Waals surface area contributed by atoms with E-state index in [4.69, 9.17) is 9.47 Å². The Labute approximate surface area is 146 Å². The fourth-order valence-corrected chi connectivity index (χ4v) is 3.26. The molecule has 0 amide bonds. The number of carbonyl (C=O) groups excluding carboxylic acids is 2. The van der Waals surface area contributed by atoms with Crippen LogP contribution in [-0.4, -0.2) is 29.1 Å². The van der Waals surface area contributed by atoms with Gasteiger partial charge in [-0.05, 0) is 25.0 Å². The largest absolute Gasteiger partial charge is 0.463 e. The van der Waals surface area contributed by atoms with Gasteiger partial charge in [0, 0.05) is 11.8 Å². The maximum absolute atomic E-state index is 12.6. The van der Waals surface area contributed by atoms with Crippen molar-refractivity contribution in [1.82, 2.24) is 0 Å². The number of esters is 1. The summed E-state index contributed by atoms with van der Waals surface area (Å²) in [6.07, 6.45) is 2.44. The van der Waals surface area contributed by atoms with Crippen molar-refractivity contribution in [2.45, 2.75) is 39.2 Å². The van der Waals surface area contributed by atoms with Gasteiger partial charge >= 0.3 is 5.97 Å². The third-order valence-electron chi connectivity index (χ3n) is 4.70. The normalized spacial score (nSPS) is 26.4. The van der Waals surface area contributed by atoms with Crippen LogP contribution >= 0.6 is 0 Å². The minimum Gasteiger partial charge on any atom is -0.463 e. The Bertz CT molecular complexity index is 773. The van der Waals surface area contributed by atoms with Gasteiger partial charge in [-0.25, -0.2) is 4.79 Å². The molecule has 1 aliphatic heterocycles. The fraction of sp³-hybridized carbons (Fsp3) is 0.400. The number of ketones is 1. The molecule has 0 spiro atoms. The minimum atomic E-state index is -2.20. The van der Waals surface area contributed by atoms with Crippen LogP contribution < -0.4 is 0 Å². The van der Waals surface area contributed by atoms with Gasteiger partial charge < -0.3 is 14.6 Å². The summed E-state index contributed by atoms with van der Waals surface area (Å²) in [4.78, 5) is 25.2. The maximum atomic E-state index is 12.6. The molecule has 1 aromatic carbocycles. The zero-order chi connectivity index (χ0) is 18.2. The second-order valence-electron chi connectivity index (χ2n) is 6.96. The molecule has 5 heteroatoms. The van der Waals surface area contributed by atoms with Crippen molar-refractivity contribution in [1.29, 1.82) is 0 Å². The number of Topliss-reactive ketones (excluding diaryl/α,β-unsaturated/α-hetero) is 1. The third-order valence-corrected chi connectivity index (χ3v) is 4.70. The molecule has 132 valence electrons. The Morgan fingerprint density at radius 3 is 2.64 bits per heavy atom. The zero-order valence-corrected chi connectivity index (χ0v) is 14.7. The number of carbonyl (C=O) groups is 2. The quantitative estimate of drug-likeness (QED) is 0.855. The third kappa shape index (κ3) is 2.78. The predicted molar refractivity (Wildman–Crippen MR) is 92.1 cm³/mol. The van der Waals surface area contributed by atoms with Crippen molar-refractivity contribution >= 4 is 17.8 Å². The number of allylic oxidation sites excluding steroid dienone is 1. The summed E-state index contributed by atoms with van der Waals surface area (Å²) in [6, 6.07) is 9.20. The molecule has 0 aromatic heterocycles. The predicted octanol–water partition coefficient (Wildman–Crippen LogP) is 3.00. The van der Waals surface area contributed by atoms with E-state index in [1.165, 1.54) is 0 Å². The Kier molecular flexibility index (Phi) is 4.29. The first-order valence-corrected chi connectivity index (χ1v) is 8.44. The van der Waals surface area contributed by atoms with Gasteiger partial charge in [-0.2, -0.15) is 0 Å². The number of benzene rings is 1. The Morgan fingerprint density at radius 2 is 2.00 bits per heavy atom. The number of ether oxygens (including phenoxy) is 2. The highest BCUT2D eigenvalue weighted by atomic mass is 16.6. The van der Waals surface area contributed by atoms with Crippen LogP contribution in [0.1, 0.15) is 39.2 Å². The Morgan fingerprint density at radius 1 is 1.32 bits per heavy atom. The molecule has 0 radical (unpaired) electrons. The molecule has 2 aliphatic rings. The molecule has 0 unspecified atom stereocenters. The summed E-state index contributed by atoms with van der Waals surface area (Å²) in [5.74, 6) is -0.776. The average molecular weight is 342 g/mol. The maximum Gasteiger partial charge on any atom is 0.351 e. The topological polar surface area (TPSA) is 72.8 Å². The average Bonchev–Trinajstić information content (AvgIpc) is 2.88. The van der Waals surface area contributed by atoms with E-state index in [0.29, 0.717) is 12.2 Å². The molecular formula is C20H22O5. The first-order valence-electron chi connectivity index (χ1n) is 8.44. The Balaban J connectivity index is 2.17. The van der Waals surface area contributed by atoms with E-state index in [9.17, 15) is 14.7 Å². The lowest BCUT2D eigenvalue weighted by Crippen LogP contribution is -2.45. The van der Waals surface area contributed by atoms with Crippen molar-refractivity contribution < 1.29 is 24.2 Å². The summed E-state index contributed by atoms with van der Waals surface area (Å²) < 4.78 is 11.0. The van der Waals surface area contributed by atoms with Gasteiger partial charge in [0.2, 0.25) is 0 Å². The number of hydrogen-bond acceptors (Lipinski definition) is 5. The van der Waals surface area contributed by atoms with E-state index < -0.39 is 17.0 Å². The van der Waals surface area contributed by atoms with Crippen LogP contribution in [0.15, 0.2) is 47.4 Å². The SMILES string of the molecule is CCOC(=O)[C@@]1(O)C2=C(O/C1=C\c1ccccc1)C(C)(C)CCC2=O. The van der Waals surface area contributed by atoms with Gasteiger partial charge in [0.25, 0.3) is 5.60 Å². The van der Waals surface area contributed by atoms with Gasteiger partial charge in [0.05, 0.1) is 12.2 Å². The smallest absolute Gasteiger partial charge is 0.351 e. The van der Waals surface area contributed by atoms with E-state index in [0.717, 1.165) is 5.56 Å². The first-order chi connectivity index (χ1) is 11.8. The Hall–Kier alpha value is -2.40. The van der Waals surface area contributed by atoms with Crippen LogP contribution in [0.25, 0.3) is 6.08 Å². The summed E-state index contributed by atoms with van der Waals surface area (Å²) in [5, 5.41) is 11.3. The van der Waals surface area contributed by atoms with Crippen LogP contribution in [0, 0.1) is 5.41 Å². The molecule has 1 aliphatic carbocycles. The van der Waals surface area contributed by atoms with Crippen molar-refractivity contribution in [2.75, 3.05) is 6.61 Å². The lowest BCUT2D eigenvalue weighted by Gasteiger charge is -2.30. The van der Waals surface area contributed by atoms with Crippen LogP contribution in [0.4, 0.5) is 0 Å². The molecule has 25 heavy (non-hydrogen) atoms. The summed E-state index contributed by atoms with van der Waals surface area (Å²) in [5.41, 5.74) is -1.87. The summed E-state index contributed by atoms with van der Waals surface area (Å²) in [7, 11) is 0. The number of rotatable bonds is 3. The van der Waals surface area contributed by atoms with Crippen molar-refractivity contribution in [3.8, 4) is 0 Å². The standard InChI is InChI=1S/C20H22O5/c1-4-24-18(22)20(23)15(12-13-8-6-5-7-9-13)25-17-16(20)14(21)10-11-19(17,2)3/h5-9,12,23H,4,10-11H2,1-3H3/b15-12-/t20-/m0/s1. The molecule has 1 N–H and O–H groups in total. The van der Waals surface area contributed by atoms with Crippen LogP contribution in [-0.2, 0) is 19.1 Å². The summed E-state index contributed by atoms with van der Waals surface area (Å²) in [6.45, 7) is 5.62. The molecule has 1 aromatic rings. The van der Waals surface area contributed by atoms with Crippen molar-refractivity contribution in [2.24, 2.45) is 5.41 Å². The molecule has 0 bridgehead atoms. The van der Waals surface area contributed by atoms with Gasteiger partial charge in [-0.1, -0.05) is 44.2 Å². The van der Waals surface area contributed by atoms with Gasteiger partial charge in [-0.15, -0.1) is 0 Å². The molecule has 0 saturated carbocycles. The molecular weight excluding hydrogens is 320 g/mol. The van der Waals surface area contributed by atoms with Crippen LogP contribution in [0.3, 0.4) is 0 Å². The molecule has 3 rings (SSSR count). The molecule has 5 nitrogen and oxygen atoms in total. The van der Waals surface area contributed by atoms with E-state index in [1.54, 1.807) is 13.0 Å². The molecule has 1 atom stereocenters. The van der Waals surface area contributed by atoms with Crippen molar-refractivity contribution in [3.05, 3.63) is 53.0 Å². The summed E-state index contributed by atoms with van der Waals surface area (Å²) >= 11 is 0. The monoisotopic (exact) mass is 342 g/mol. The highest BCUT2D eigenvalue weighted by Gasteiger charge is 2.59. The van der Waals surface area contributed by atoms with Gasteiger partial charge in [0.1, 0.15) is 5.76 Å².